The SMILES string of the molecule is COC[C@@H]1C[C@@H](OC)CN1.Cl. The third-order valence-electron chi connectivity index (χ3n) is 1.88. The van der Waals surface area contributed by atoms with Crippen molar-refractivity contribution in [3.63, 3.8) is 0 Å². The molecule has 1 fully saturated rings. The fourth-order valence-electron chi connectivity index (χ4n) is 1.29. The molecular formula is C7H16ClNO2. The van der Waals surface area contributed by atoms with E-state index in [2.05, 4.69) is 5.32 Å². The highest BCUT2D eigenvalue weighted by atomic mass is 35.5. The van der Waals surface area contributed by atoms with E-state index in [0.717, 1.165) is 19.6 Å². The smallest absolute Gasteiger partial charge is 0.0711 e. The molecule has 0 aliphatic carbocycles. The lowest BCUT2D eigenvalue weighted by Gasteiger charge is -2.07. The fourth-order valence-corrected chi connectivity index (χ4v) is 1.29. The molecule has 0 aromatic rings. The van der Waals surface area contributed by atoms with Crippen molar-refractivity contribution >= 4 is 12.4 Å². The first-order valence-electron chi connectivity index (χ1n) is 3.62. The minimum Gasteiger partial charge on any atom is -0.383 e. The van der Waals surface area contributed by atoms with Crippen molar-refractivity contribution in [3.05, 3.63) is 0 Å². The molecule has 0 aromatic carbocycles. The molecule has 1 aliphatic rings. The molecule has 1 aliphatic heterocycles. The first-order valence-corrected chi connectivity index (χ1v) is 3.62. The van der Waals surface area contributed by atoms with E-state index in [1.807, 2.05) is 0 Å². The van der Waals surface area contributed by atoms with E-state index in [1.54, 1.807) is 14.2 Å². The molecule has 0 radical (unpaired) electrons. The zero-order valence-electron chi connectivity index (χ0n) is 7.00. The van der Waals surface area contributed by atoms with E-state index >= 15 is 0 Å². The van der Waals surface area contributed by atoms with Crippen molar-refractivity contribution in [2.24, 2.45) is 0 Å². The summed E-state index contributed by atoms with van der Waals surface area (Å²) in [7, 11) is 3.48. The number of ether oxygens (including phenoxy) is 2. The van der Waals surface area contributed by atoms with Gasteiger partial charge in [-0.15, -0.1) is 12.4 Å². The van der Waals surface area contributed by atoms with Crippen LogP contribution in [-0.2, 0) is 9.47 Å². The molecule has 68 valence electrons. The highest BCUT2D eigenvalue weighted by Crippen LogP contribution is 2.08. The quantitative estimate of drug-likeness (QED) is 0.685. The second-order valence-corrected chi connectivity index (χ2v) is 2.65. The van der Waals surface area contributed by atoms with E-state index in [4.69, 9.17) is 9.47 Å². The van der Waals surface area contributed by atoms with Crippen molar-refractivity contribution in [1.82, 2.24) is 5.32 Å². The summed E-state index contributed by atoms with van der Waals surface area (Å²) in [5, 5.41) is 3.31. The Bertz CT molecular complexity index is 102. The molecule has 1 N–H and O–H groups in total. The average molecular weight is 182 g/mol. The van der Waals surface area contributed by atoms with Gasteiger partial charge >= 0.3 is 0 Å². The van der Waals surface area contributed by atoms with Crippen LogP contribution in [0.25, 0.3) is 0 Å². The lowest BCUT2D eigenvalue weighted by molar-refractivity contribution is 0.110. The summed E-state index contributed by atoms with van der Waals surface area (Å²) in [6.45, 7) is 1.75. The molecule has 0 aromatic heterocycles. The summed E-state index contributed by atoms with van der Waals surface area (Å²) in [5.74, 6) is 0. The standard InChI is InChI=1S/C7H15NO2.ClH/c1-9-5-6-3-7(10-2)4-8-6;/h6-8H,3-5H2,1-2H3;1H/t6-,7+;/m0./s1. The minimum atomic E-state index is 0. The number of rotatable bonds is 3. The molecule has 11 heavy (non-hydrogen) atoms. The molecular weight excluding hydrogens is 166 g/mol. The molecule has 0 amide bonds. The number of methoxy groups -OCH3 is 2. The van der Waals surface area contributed by atoms with E-state index in [9.17, 15) is 0 Å². The monoisotopic (exact) mass is 181 g/mol. The van der Waals surface area contributed by atoms with Crippen molar-refractivity contribution in [3.8, 4) is 0 Å². The van der Waals surface area contributed by atoms with Crippen molar-refractivity contribution in [2.45, 2.75) is 18.6 Å². The van der Waals surface area contributed by atoms with Crippen LogP contribution in [0.15, 0.2) is 0 Å². The largest absolute Gasteiger partial charge is 0.383 e. The van der Waals surface area contributed by atoms with Gasteiger partial charge in [0, 0.05) is 26.8 Å². The van der Waals surface area contributed by atoms with Crippen molar-refractivity contribution in [2.75, 3.05) is 27.4 Å². The Balaban J connectivity index is 0.000001000. The highest BCUT2D eigenvalue weighted by Gasteiger charge is 2.22. The van der Waals surface area contributed by atoms with Gasteiger partial charge in [0.25, 0.3) is 0 Å². The Morgan fingerprint density at radius 2 is 2.18 bits per heavy atom. The topological polar surface area (TPSA) is 30.5 Å². The van der Waals surface area contributed by atoms with Crippen molar-refractivity contribution in [1.29, 1.82) is 0 Å². The van der Waals surface area contributed by atoms with E-state index in [-0.39, 0.29) is 12.4 Å². The third-order valence-corrected chi connectivity index (χ3v) is 1.88. The molecule has 1 saturated heterocycles. The van der Waals surface area contributed by atoms with Gasteiger partial charge in [-0.25, -0.2) is 0 Å². The highest BCUT2D eigenvalue weighted by molar-refractivity contribution is 5.85. The maximum Gasteiger partial charge on any atom is 0.0711 e. The lowest BCUT2D eigenvalue weighted by Crippen LogP contribution is -2.25. The van der Waals surface area contributed by atoms with Crippen LogP contribution in [0.1, 0.15) is 6.42 Å². The molecule has 0 bridgehead atoms. The van der Waals surface area contributed by atoms with Crippen LogP contribution in [-0.4, -0.2) is 39.5 Å². The van der Waals surface area contributed by atoms with Gasteiger partial charge in [-0.05, 0) is 6.42 Å². The Morgan fingerprint density at radius 1 is 1.45 bits per heavy atom. The van der Waals surface area contributed by atoms with Gasteiger partial charge < -0.3 is 14.8 Å². The number of hydrogen-bond donors (Lipinski definition) is 1. The van der Waals surface area contributed by atoms with Gasteiger partial charge in [-0.2, -0.15) is 0 Å². The fraction of sp³-hybridized carbons (Fsp3) is 1.00. The molecule has 1 rings (SSSR count). The van der Waals surface area contributed by atoms with Crippen LogP contribution < -0.4 is 5.32 Å². The minimum absolute atomic E-state index is 0. The molecule has 0 saturated carbocycles. The summed E-state index contributed by atoms with van der Waals surface area (Å²) >= 11 is 0. The third kappa shape index (κ3) is 3.38. The normalized spacial score (nSPS) is 30.0. The van der Waals surface area contributed by atoms with Gasteiger partial charge in [0.05, 0.1) is 12.7 Å². The first kappa shape index (κ1) is 11.2. The second kappa shape index (κ2) is 5.77. The van der Waals surface area contributed by atoms with E-state index in [0.29, 0.717) is 12.1 Å². The molecule has 0 unspecified atom stereocenters. The van der Waals surface area contributed by atoms with Crippen LogP contribution in [0.5, 0.6) is 0 Å². The molecule has 0 spiro atoms. The zero-order valence-corrected chi connectivity index (χ0v) is 7.82. The van der Waals surface area contributed by atoms with Gasteiger partial charge in [0.1, 0.15) is 0 Å². The number of nitrogens with one attached hydrogen (secondary N) is 1. The first-order chi connectivity index (χ1) is 4.86. The number of halogens is 1. The Labute approximate surface area is 73.9 Å². The average Bonchev–Trinajstić information content (AvgIpc) is 2.37. The summed E-state index contributed by atoms with van der Waals surface area (Å²) in [6.07, 6.45) is 1.46. The Morgan fingerprint density at radius 3 is 2.64 bits per heavy atom. The molecule has 2 atom stereocenters. The predicted octanol–water partition coefficient (Wildman–Crippen LogP) is 0.432. The number of hydrogen-bond acceptors (Lipinski definition) is 3. The van der Waals surface area contributed by atoms with Gasteiger partial charge in [-0.3, -0.25) is 0 Å². The Kier molecular flexibility index (Phi) is 5.86. The summed E-state index contributed by atoms with van der Waals surface area (Å²) in [5.41, 5.74) is 0. The lowest BCUT2D eigenvalue weighted by atomic mass is 10.2. The predicted molar refractivity (Wildman–Crippen MR) is 46.3 cm³/mol. The molecule has 1 heterocycles. The van der Waals surface area contributed by atoms with Gasteiger partial charge in [0.15, 0.2) is 0 Å². The maximum absolute atomic E-state index is 5.17. The van der Waals surface area contributed by atoms with Crippen LogP contribution in [0, 0.1) is 0 Å². The zero-order chi connectivity index (χ0) is 7.40. The molecule has 3 nitrogen and oxygen atoms in total. The van der Waals surface area contributed by atoms with Crippen LogP contribution in [0.3, 0.4) is 0 Å². The van der Waals surface area contributed by atoms with Gasteiger partial charge in [0.2, 0.25) is 0 Å². The van der Waals surface area contributed by atoms with Crippen molar-refractivity contribution < 1.29 is 9.47 Å². The van der Waals surface area contributed by atoms with Crippen LogP contribution >= 0.6 is 12.4 Å². The van der Waals surface area contributed by atoms with E-state index < -0.39 is 0 Å². The van der Waals surface area contributed by atoms with Crippen LogP contribution in [0.4, 0.5) is 0 Å². The van der Waals surface area contributed by atoms with Gasteiger partial charge in [-0.1, -0.05) is 0 Å². The maximum atomic E-state index is 5.17. The molecule has 4 heteroatoms. The summed E-state index contributed by atoms with van der Waals surface area (Å²) in [6, 6.07) is 0.495. The summed E-state index contributed by atoms with van der Waals surface area (Å²) in [4.78, 5) is 0. The Hall–Kier alpha value is 0.170. The second-order valence-electron chi connectivity index (χ2n) is 2.65. The van der Waals surface area contributed by atoms with E-state index in [1.165, 1.54) is 0 Å². The summed E-state index contributed by atoms with van der Waals surface area (Å²) < 4.78 is 10.2. The van der Waals surface area contributed by atoms with Crippen LogP contribution in [0.2, 0.25) is 0 Å².